The third kappa shape index (κ3) is 4.18. The van der Waals surface area contributed by atoms with Crippen molar-refractivity contribution >= 4 is 15.9 Å². The molecule has 0 fully saturated rings. The molecule has 0 amide bonds. The smallest absolute Gasteiger partial charge is 0.0521 e. The van der Waals surface area contributed by atoms with Crippen molar-refractivity contribution in [2.24, 2.45) is 13.0 Å². The minimum atomic E-state index is 0.224. The van der Waals surface area contributed by atoms with Crippen LogP contribution in [0.15, 0.2) is 41.1 Å². The van der Waals surface area contributed by atoms with E-state index in [2.05, 4.69) is 27.1 Å². The maximum atomic E-state index is 9.53. The molecular weight excluding hydrogens is 304 g/mol. The zero-order valence-electron chi connectivity index (χ0n) is 11.1. The summed E-state index contributed by atoms with van der Waals surface area (Å²) in [7, 11) is 1.92. The molecule has 0 aliphatic carbocycles. The van der Waals surface area contributed by atoms with Crippen molar-refractivity contribution in [1.29, 1.82) is 0 Å². The van der Waals surface area contributed by atoms with E-state index in [0.29, 0.717) is 5.92 Å². The Morgan fingerprint density at radius 3 is 2.79 bits per heavy atom. The molecule has 0 aliphatic rings. The third-order valence-electron chi connectivity index (χ3n) is 3.32. The second kappa shape index (κ2) is 6.87. The van der Waals surface area contributed by atoms with E-state index in [9.17, 15) is 5.11 Å². The van der Waals surface area contributed by atoms with Gasteiger partial charge in [0, 0.05) is 24.3 Å². The van der Waals surface area contributed by atoms with Crippen molar-refractivity contribution in [2.75, 3.05) is 6.61 Å². The molecule has 2 aromatic rings. The number of rotatable bonds is 6. The van der Waals surface area contributed by atoms with Crippen molar-refractivity contribution in [3.05, 3.63) is 52.3 Å². The van der Waals surface area contributed by atoms with Crippen LogP contribution < -0.4 is 0 Å². The van der Waals surface area contributed by atoms with Gasteiger partial charge >= 0.3 is 0 Å². The van der Waals surface area contributed by atoms with Crippen molar-refractivity contribution in [3.8, 4) is 0 Å². The predicted octanol–water partition coefficient (Wildman–Crippen LogP) is 2.97. The van der Waals surface area contributed by atoms with E-state index in [-0.39, 0.29) is 6.61 Å². The molecule has 1 heterocycles. The number of halogens is 1. The van der Waals surface area contributed by atoms with Gasteiger partial charge in [0.2, 0.25) is 0 Å². The Labute approximate surface area is 122 Å². The van der Waals surface area contributed by atoms with Gasteiger partial charge in [-0.05, 0) is 42.4 Å². The summed E-state index contributed by atoms with van der Waals surface area (Å²) in [5.74, 6) is 0.291. The first kappa shape index (κ1) is 14.3. The average Bonchev–Trinajstić information content (AvgIpc) is 2.82. The van der Waals surface area contributed by atoms with Gasteiger partial charge in [-0.15, -0.1) is 0 Å². The monoisotopic (exact) mass is 322 g/mol. The molecule has 1 aromatic heterocycles. The molecule has 0 saturated carbocycles. The molecule has 2 rings (SSSR count). The Hall–Kier alpha value is -1.13. The molecule has 102 valence electrons. The quantitative estimate of drug-likeness (QED) is 0.887. The minimum Gasteiger partial charge on any atom is -0.396 e. The fourth-order valence-electron chi connectivity index (χ4n) is 2.20. The number of aliphatic hydroxyl groups excluding tert-OH is 1. The summed E-state index contributed by atoms with van der Waals surface area (Å²) >= 11 is 3.56. The molecule has 0 bridgehead atoms. The Morgan fingerprint density at radius 2 is 2.16 bits per heavy atom. The summed E-state index contributed by atoms with van der Waals surface area (Å²) in [6, 6.07) is 8.20. The van der Waals surface area contributed by atoms with Gasteiger partial charge in [0.05, 0.1) is 6.20 Å². The molecule has 1 unspecified atom stereocenters. The van der Waals surface area contributed by atoms with E-state index in [1.165, 1.54) is 11.1 Å². The molecule has 0 radical (unpaired) electrons. The number of aryl methyl sites for hydroxylation is 2. The van der Waals surface area contributed by atoms with E-state index in [1.807, 2.05) is 42.3 Å². The van der Waals surface area contributed by atoms with E-state index >= 15 is 0 Å². The zero-order valence-corrected chi connectivity index (χ0v) is 12.7. The maximum Gasteiger partial charge on any atom is 0.0521 e. The highest BCUT2D eigenvalue weighted by Gasteiger charge is 2.11. The van der Waals surface area contributed by atoms with Crippen LogP contribution in [0.1, 0.15) is 17.5 Å². The van der Waals surface area contributed by atoms with Crippen LogP contribution in [-0.4, -0.2) is 21.5 Å². The topological polar surface area (TPSA) is 38.0 Å². The first-order valence-corrected chi connectivity index (χ1v) is 7.30. The molecule has 0 aliphatic heterocycles. The maximum absolute atomic E-state index is 9.53. The normalized spacial score (nSPS) is 12.6. The zero-order chi connectivity index (χ0) is 13.7. The van der Waals surface area contributed by atoms with Crippen molar-refractivity contribution in [1.82, 2.24) is 9.78 Å². The highest BCUT2D eigenvalue weighted by Crippen LogP contribution is 2.21. The van der Waals surface area contributed by atoms with Crippen molar-refractivity contribution in [2.45, 2.75) is 19.3 Å². The first-order chi connectivity index (χ1) is 9.19. The largest absolute Gasteiger partial charge is 0.396 e. The fraction of sp³-hybridized carbons (Fsp3) is 0.400. The Balaban J connectivity index is 1.92. The molecule has 1 N–H and O–H groups in total. The summed E-state index contributed by atoms with van der Waals surface area (Å²) in [6.07, 6.45) is 6.77. The Bertz CT molecular complexity index is 524. The molecular formula is C15H19BrN2O. The van der Waals surface area contributed by atoms with Crippen LogP contribution in [0, 0.1) is 5.92 Å². The third-order valence-corrected chi connectivity index (χ3v) is 4.10. The van der Waals surface area contributed by atoms with Crippen LogP contribution in [0.4, 0.5) is 0 Å². The molecule has 4 heteroatoms. The van der Waals surface area contributed by atoms with Gasteiger partial charge in [0.15, 0.2) is 0 Å². The summed E-state index contributed by atoms with van der Waals surface area (Å²) in [5.41, 5.74) is 2.49. The molecule has 0 saturated heterocycles. The summed E-state index contributed by atoms with van der Waals surface area (Å²) in [4.78, 5) is 0. The number of aromatic nitrogens is 2. The number of benzene rings is 1. The van der Waals surface area contributed by atoms with Crippen molar-refractivity contribution < 1.29 is 5.11 Å². The van der Waals surface area contributed by atoms with E-state index in [1.54, 1.807) is 0 Å². The molecule has 1 atom stereocenters. The minimum absolute atomic E-state index is 0.224. The van der Waals surface area contributed by atoms with Crippen LogP contribution >= 0.6 is 15.9 Å². The van der Waals surface area contributed by atoms with E-state index in [0.717, 1.165) is 23.7 Å². The highest BCUT2D eigenvalue weighted by molar-refractivity contribution is 9.10. The van der Waals surface area contributed by atoms with E-state index < -0.39 is 0 Å². The lowest BCUT2D eigenvalue weighted by atomic mass is 9.94. The highest BCUT2D eigenvalue weighted by atomic mass is 79.9. The van der Waals surface area contributed by atoms with Gasteiger partial charge in [0.1, 0.15) is 0 Å². The van der Waals surface area contributed by atoms with Gasteiger partial charge in [-0.25, -0.2) is 0 Å². The summed E-state index contributed by atoms with van der Waals surface area (Å²) in [5, 5.41) is 13.7. The van der Waals surface area contributed by atoms with Crippen LogP contribution in [0.25, 0.3) is 0 Å². The average molecular weight is 323 g/mol. The van der Waals surface area contributed by atoms with Gasteiger partial charge in [-0.2, -0.15) is 5.10 Å². The number of hydrogen-bond donors (Lipinski definition) is 1. The lowest BCUT2D eigenvalue weighted by Gasteiger charge is -2.14. The summed E-state index contributed by atoms with van der Waals surface area (Å²) in [6.45, 7) is 0.224. The lowest BCUT2D eigenvalue weighted by Crippen LogP contribution is -2.11. The van der Waals surface area contributed by atoms with Crippen molar-refractivity contribution in [3.63, 3.8) is 0 Å². The lowest BCUT2D eigenvalue weighted by molar-refractivity contribution is 0.218. The van der Waals surface area contributed by atoms with Crippen LogP contribution in [0.5, 0.6) is 0 Å². The van der Waals surface area contributed by atoms with E-state index in [4.69, 9.17) is 0 Å². The van der Waals surface area contributed by atoms with Gasteiger partial charge < -0.3 is 5.11 Å². The second-order valence-electron chi connectivity index (χ2n) is 4.91. The summed E-state index contributed by atoms with van der Waals surface area (Å²) < 4.78 is 2.94. The first-order valence-electron chi connectivity index (χ1n) is 6.51. The SMILES string of the molecule is Cn1cc(CCC(CO)Cc2ccccc2Br)cn1. The standard InChI is InChI=1S/C15H19BrN2O/c1-18-10-13(9-17-18)7-6-12(11-19)8-14-4-2-3-5-15(14)16/h2-5,9-10,12,19H,6-8,11H2,1H3. The fourth-order valence-corrected chi connectivity index (χ4v) is 2.65. The number of nitrogens with zero attached hydrogens (tertiary/aromatic N) is 2. The second-order valence-corrected chi connectivity index (χ2v) is 5.76. The van der Waals surface area contributed by atoms with Gasteiger partial charge in [0.25, 0.3) is 0 Å². The van der Waals surface area contributed by atoms with Gasteiger partial charge in [-0.3, -0.25) is 4.68 Å². The number of hydrogen-bond acceptors (Lipinski definition) is 2. The van der Waals surface area contributed by atoms with Crippen LogP contribution in [-0.2, 0) is 19.9 Å². The van der Waals surface area contributed by atoms with Crippen LogP contribution in [0.2, 0.25) is 0 Å². The predicted molar refractivity (Wildman–Crippen MR) is 80.0 cm³/mol. The van der Waals surface area contributed by atoms with Crippen LogP contribution in [0.3, 0.4) is 0 Å². The molecule has 1 aromatic carbocycles. The van der Waals surface area contributed by atoms with Gasteiger partial charge in [-0.1, -0.05) is 34.1 Å². The Morgan fingerprint density at radius 1 is 1.37 bits per heavy atom. The molecule has 19 heavy (non-hydrogen) atoms. The number of aliphatic hydroxyl groups is 1. The molecule has 0 spiro atoms. The molecule has 3 nitrogen and oxygen atoms in total. The Kier molecular flexibility index (Phi) is 5.16.